The highest BCUT2D eigenvalue weighted by Crippen LogP contribution is 2.23. The van der Waals surface area contributed by atoms with Crippen molar-refractivity contribution in [2.24, 2.45) is 0 Å². The molecule has 0 atom stereocenters. The molecule has 0 bridgehead atoms. The van der Waals surface area contributed by atoms with Crippen LogP contribution in [-0.2, 0) is 4.79 Å². The highest BCUT2D eigenvalue weighted by molar-refractivity contribution is 6.21. The van der Waals surface area contributed by atoms with Crippen LogP contribution >= 0.6 is 0 Å². The normalized spacial score (nSPS) is 12.6. The molecule has 160 valence electrons. The molecule has 3 N–H and O–H groups in total. The van der Waals surface area contributed by atoms with Gasteiger partial charge in [-0.05, 0) is 43.2 Å². The first kappa shape index (κ1) is 21.7. The van der Waals surface area contributed by atoms with Crippen molar-refractivity contribution in [3.63, 3.8) is 0 Å². The molecular weight excluding hydrogens is 404 g/mol. The Morgan fingerprint density at radius 3 is 1.87 bits per heavy atom. The summed E-state index contributed by atoms with van der Waals surface area (Å²) in [5, 5.41) is 20.7. The molecule has 0 aliphatic carbocycles. The number of benzene rings is 2. The molecule has 31 heavy (non-hydrogen) atoms. The summed E-state index contributed by atoms with van der Waals surface area (Å²) in [4.78, 5) is 60.2. The number of aromatic carboxylic acids is 2. The number of hydrogen-bond acceptors (Lipinski definition) is 5. The monoisotopic (exact) mass is 424 g/mol. The first-order valence-electron chi connectivity index (χ1n) is 9.64. The summed E-state index contributed by atoms with van der Waals surface area (Å²) >= 11 is 0. The summed E-state index contributed by atoms with van der Waals surface area (Å²) in [5.74, 6) is -3.62. The largest absolute Gasteiger partial charge is 0.478 e. The molecule has 0 unspecified atom stereocenters. The second-order valence-electron chi connectivity index (χ2n) is 7.08. The topological polar surface area (TPSA) is 141 Å². The Balaban J connectivity index is 1.46. The van der Waals surface area contributed by atoms with E-state index in [9.17, 15) is 24.0 Å². The first-order chi connectivity index (χ1) is 14.8. The van der Waals surface area contributed by atoms with Crippen LogP contribution in [0.4, 0.5) is 5.69 Å². The van der Waals surface area contributed by atoms with Gasteiger partial charge < -0.3 is 15.5 Å². The first-order valence-corrected chi connectivity index (χ1v) is 9.64. The zero-order valence-corrected chi connectivity index (χ0v) is 16.5. The van der Waals surface area contributed by atoms with Crippen molar-refractivity contribution in [3.8, 4) is 0 Å². The minimum Gasteiger partial charge on any atom is -0.478 e. The van der Waals surface area contributed by atoms with Crippen LogP contribution in [-0.4, -0.2) is 51.3 Å². The number of nitrogens with one attached hydrogen (secondary N) is 1. The molecule has 0 fully saturated rings. The van der Waals surface area contributed by atoms with Gasteiger partial charge in [-0.25, -0.2) is 9.59 Å². The third-order valence-electron chi connectivity index (χ3n) is 4.87. The lowest BCUT2D eigenvalue weighted by Gasteiger charge is -2.13. The fraction of sp³-hybridized carbons (Fsp3) is 0.227. The number of unbranched alkanes of at least 4 members (excludes halogenated alkanes) is 2. The Kier molecular flexibility index (Phi) is 6.44. The van der Waals surface area contributed by atoms with Gasteiger partial charge >= 0.3 is 11.9 Å². The summed E-state index contributed by atoms with van der Waals surface area (Å²) in [7, 11) is 0. The van der Waals surface area contributed by atoms with Gasteiger partial charge in [0.25, 0.3) is 11.8 Å². The molecule has 9 nitrogen and oxygen atoms in total. The third-order valence-corrected chi connectivity index (χ3v) is 4.87. The molecule has 0 aromatic heterocycles. The summed E-state index contributed by atoms with van der Waals surface area (Å²) < 4.78 is 0. The molecule has 3 amide bonds. The molecule has 2 aromatic carbocycles. The second-order valence-corrected chi connectivity index (χ2v) is 7.08. The molecule has 0 saturated heterocycles. The fourth-order valence-electron chi connectivity index (χ4n) is 3.34. The van der Waals surface area contributed by atoms with Crippen LogP contribution in [0.1, 0.15) is 67.1 Å². The quantitative estimate of drug-likeness (QED) is 0.415. The molecule has 0 radical (unpaired) electrons. The van der Waals surface area contributed by atoms with Crippen LogP contribution in [0.25, 0.3) is 0 Å². The maximum Gasteiger partial charge on any atom is 0.335 e. The van der Waals surface area contributed by atoms with E-state index < -0.39 is 11.9 Å². The maximum absolute atomic E-state index is 12.3. The van der Waals surface area contributed by atoms with Crippen molar-refractivity contribution < 1.29 is 34.2 Å². The number of carbonyl (C=O) groups excluding carboxylic acids is 3. The smallest absolute Gasteiger partial charge is 0.335 e. The summed E-state index contributed by atoms with van der Waals surface area (Å²) in [6.07, 6.45) is 1.74. The number of rotatable bonds is 9. The predicted molar refractivity (Wildman–Crippen MR) is 109 cm³/mol. The molecular formula is C22H20N2O7. The van der Waals surface area contributed by atoms with Crippen molar-refractivity contribution in [2.75, 3.05) is 11.9 Å². The summed E-state index contributed by atoms with van der Waals surface area (Å²) in [6.45, 7) is 0.261. The Bertz CT molecular complexity index is 1010. The molecule has 1 aliphatic rings. The van der Waals surface area contributed by atoms with Gasteiger partial charge in [0.05, 0.1) is 22.3 Å². The number of carbonyl (C=O) groups is 5. The lowest BCUT2D eigenvalue weighted by molar-refractivity contribution is -0.116. The van der Waals surface area contributed by atoms with Gasteiger partial charge in [-0.3, -0.25) is 19.3 Å². The van der Waals surface area contributed by atoms with E-state index in [1.165, 1.54) is 17.0 Å². The van der Waals surface area contributed by atoms with E-state index in [-0.39, 0.29) is 47.5 Å². The molecule has 1 aliphatic heterocycles. The van der Waals surface area contributed by atoms with E-state index in [0.29, 0.717) is 30.4 Å². The van der Waals surface area contributed by atoms with Gasteiger partial charge in [0.15, 0.2) is 0 Å². The van der Waals surface area contributed by atoms with Gasteiger partial charge in [-0.1, -0.05) is 18.6 Å². The van der Waals surface area contributed by atoms with Crippen LogP contribution < -0.4 is 5.32 Å². The number of anilines is 1. The molecule has 0 saturated carbocycles. The number of amides is 3. The van der Waals surface area contributed by atoms with Crippen molar-refractivity contribution in [1.29, 1.82) is 0 Å². The number of imide groups is 1. The number of carboxylic acid groups (broad SMARTS) is 2. The molecule has 0 spiro atoms. The lowest BCUT2D eigenvalue weighted by atomic mass is 10.1. The Morgan fingerprint density at radius 1 is 0.806 bits per heavy atom. The molecule has 9 heteroatoms. The minimum atomic E-state index is -1.30. The molecule has 1 heterocycles. The number of nitrogens with zero attached hydrogens (tertiary/aromatic N) is 1. The van der Waals surface area contributed by atoms with Crippen LogP contribution in [0.5, 0.6) is 0 Å². The maximum atomic E-state index is 12.3. The van der Waals surface area contributed by atoms with Crippen LogP contribution in [0.2, 0.25) is 0 Å². The van der Waals surface area contributed by atoms with Crippen molar-refractivity contribution in [1.82, 2.24) is 4.90 Å². The lowest BCUT2D eigenvalue weighted by Crippen LogP contribution is -2.30. The molecule has 3 rings (SSSR count). The van der Waals surface area contributed by atoms with Crippen molar-refractivity contribution in [2.45, 2.75) is 25.7 Å². The van der Waals surface area contributed by atoms with E-state index >= 15 is 0 Å². The van der Waals surface area contributed by atoms with Gasteiger partial charge in [-0.15, -0.1) is 0 Å². The van der Waals surface area contributed by atoms with Gasteiger partial charge in [0.1, 0.15) is 0 Å². The van der Waals surface area contributed by atoms with Crippen LogP contribution in [0.3, 0.4) is 0 Å². The Morgan fingerprint density at radius 2 is 1.35 bits per heavy atom. The number of hydrogen-bond donors (Lipinski definition) is 3. The Labute approximate surface area is 177 Å². The predicted octanol–water partition coefficient (Wildman–Crippen LogP) is 2.88. The fourth-order valence-corrected chi connectivity index (χ4v) is 3.34. The highest BCUT2D eigenvalue weighted by Gasteiger charge is 2.34. The SMILES string of the molecule is O=C(CCCCCN1C(=O)c2ccccc2C1=O)Nc1cc(C(=O)O)cc(C(=O)O)c1. The van der Waals surface area contributed by atoms with E-state index in [1.54, 1.807) is 24.3 Å². The Hall–Kier alpha value is -4.01. The van der Waals surface area contributed by atoms with E-state index in [1.807, 2.05) is 0 Å². The van der Waals surface area contributed by atoms with E-state index in [0.717, 1.165) is 6.07 Å². The highest BCUT2D eigenvalue weighted by atomic mass is 16.4. The zero-order valence-electron chi connectivity index (χ0n) is 16.5. The van der Waals surface area contributed by atoms with Crippen molar-refractivity contribution >= 4 is 35.3 Å². The van der Waals surface area contributed by atoms with Crippen LogP contribution in [0.15, 0.2) is 42.5 Å². The number of carboxylic acids is 2. The van der Waals surface area contributed by atoms with Crippen LogP contribution in [0, 0.1) is 0 Å². The van der Waals surface area contributed by atoms with Gasteiger partial charge in [0, 0.05) is 18.7 Å². The van der Waals surface area contributed by atoms with E-state index in [2.05, 4.69) is 5.32 Å². The zero-order chi connectivity index (χ0) is 22.5. The second kappa shape index (κ2) is 9.21. The summed E-state index contributed by atoms with van der Waals surface area (Å²) in [6, 6.07) is 10.0. The summed E-state index contributed by atoms with van der Waals surface area (Å²) in [5.41, 5.74) is 0.410. The van der Waals surface area contributed by atoms with Gasteiger partial charge in [-0.2, -0.15) is 0 Å². The average molecular weight is 424 g/mol. The third kappa shape index (κ3) is 4.95. The average Bonchev–Trinajstić information content (AvgIpc) is 2.98. The van der Waals surface area contributed by atoms with E-state index in [4.69, 9.17) is 10.2 Å². The number of fused-ring (bicyclic) bond motifs is 1. The van der Waals surface area contributed by atoms with Gasteiger partial charge in [0.2, 0.25) is 5.91 Å². The molecule has 2 aromatic rings. The van der Waals surface area contributed by atoms with Crippen molar-refractivity contribution in [3.05, 3.63) is 64.7 Å². The standard InChI is InChI=1S/C22H20N2O7/c25-18(23-15-11-13(21(28)29)10-14(12-15)22(30)31)8-2-1-5-9-24-19(26)16-6-3-4-7-17(16)20(24)27/h3-4,6-7,10-12H,1-2,5,8-9H2,(H,23,25)(H,28,29)(H,30,31). The minimum absolute atomic E-state index is 0.0910.